The Hall–Kier alpha value is -0.620. The summed E-state index contributed by atoms with van der Waals surface area (Å²) < 4.78 is 68.1. The Morgan fingerprint density at radius 3 is 1.75 bits per heavy atom. The number of halogens is 4. The predicted molar refractivity (Wildman–Crippen MR) is 85.0 cm³/mol. The Bertz CT molecular complexity index is 406. The molecule has 0 amide bonds. The van der Waals surface area contributed by atoms with E-state index in [1.807, 2.05) is 6.92 Å². The Balaban J connectivity index is 1.95. The van der Waals surface area contributed by atoms with E-state index in [9.17, 15) is 17.6 Å². The fraction of sp³-hybridized carbons (Fsp3) is 0.889. The van der Waals surface area contributed by atoms with Crippen LogP contribution in [0.25, 0.3) is 0 Å². The van der Waals surface area contributed by atoms with Crippen molar-refractivity contribution in [2.45, 2.75) is 76.4 Å². The zero-order valence-electron chi connectivity index (χ0n) is 14.3. The molecule has 0 spiro atoms. The van der Waals surface area contributed by atoms with E-state index in [2.05, 4.69) is 0 Å². The van der Waals surface area contributed by atoms with Crippen LogP contribution in [0, 0.1) is 11.8 Å². The maximum Gasteiger partial charge on any atom is 0.157 e. The Morgan fingerprint density at radius 2 is 1.29 bits per heavy atom. The molecule has 8 unspecified atom stereocenters. The molecule has 0 heterocycles. The van der Waals surface area contributed by atoms with Crippen molar-refractivity contribution in [2.24, 2.45) is 11.8 Å². The van der Waals surface area contributed by atoms with E-state index in [0.717, 1.165) is 0 Å². The number of ether oxygens (including phenoxy) is 2. The van der Waals surface area contributed by atoms with Gasteiger partial charge in [0.15, 0.2) is 12.3 Å². The molecule has 0 bridgehead atoms. The maximum absolute atomic E-state index is 14.5. The van der Waals surface area contributed by atoms with E-state index in [0.29, 0.717) is 32.3 Å². The van der Waals surface area contributed by atoms with Crippen molar-refractivity contribution in [2.75, 3.05) is 13.2 Å². The molecule has 140 valence electrons. The van der Waals surface area contributed by atoms with Crippen LogP contribution in [0.5, 0.6) is 0 Å². The monoisotopic (exact) mass is 352 g/mol. The smallest absolute Gasteiger partial charge is 0.157 e. The van der Waals surface area contributed by atoms with Gasteiger partial charge in [0.1, 0.15) is 12.3 Å². The number of hydrogen-bond donors (Lipinski definition) is 0. The molecule has 2 rings (SSSR count). The molecule has 0 N–H and O–H groups in total. The van der Waals surface area contributed by atoms with E-state index in [-0.39, 0.29) is 6.61 Å². The average molecular weight is 352 g/mol. The highest BCUT2D eigenvalue weighted by atomic mass is 19.2. The molecular formula is C18H28F4O2. The number of alkyl halides is 4. The van der Waals surface area contributed by atoms with Crippen LogP contribution in [-0.4, -0.2) is 50.1 Å². The molecule has 0 radical (unpaired) electrons. The maximum atomic E-state index is 14.5. The first kappa shape index (κ1) is 19.7. The second kappa shape index (κ2) is 9.18. The van der Waals surface area contributed by atoms with Gasteiger partial charge in [0.2, 0.25) is 0 Å². The highest BCUT2D eigenvalue weighted by Gasteiger charge is 2.50. The van der Waals surface area contributed by atoms with E-state index < -0.39 is 48.7 Å². The van der Waals surface area contributed by atoms with Gasteiger partial charge in [0.05, 0.1) is 18.8 Å². The third-order valence-corrected chi connectivity index (χ3v) is 5.28. The molecule has 0 saturated heterocycles. The molecule has 0 aromatic rings. The molecular weight excluding hydrogens is 324 g/mol. The lowest BCUT2D eigenvalue weighted by atomic mass is 9.69. The van der Waals surface area contributed by atoms with Gasteiger partial charge >= 0.3 is 0 Å². The van der Waals surface area contributed by atoms with Gasteiger partial charge in [0, 0.05) is 6.61 Å². The van der Waals surface area contributed by atoms with Crippen molar-refractivity contribution in [3.63, 3.8) is 0 Å². The van der Waals surface area contributed by atoms with Gasteiger partial charge in [-0.3, -0.25) is 0 Å². The first-order chi connectivity index (χ1) is 11.5. The molecule has 2 saturated carbocycles. The molecule has 2 fully saturated rings. The number of hydrogen-bond acceptors (Lipinski definition) is 2. The van der Waals surface area contributed by atoms with Gasteiger partial charge in [0.25, 0.3) is 0 Å². The van der Waals surface area contributed by atoms with Crippen LogP contribution < -0.4 is 0 Å². The lowest BCUT2D eigenvalue weighted by Gasteiger charge is -2.43. The lowest BCUT2D eigenvalue weighted by Crippen LogP contribution is -2.51. The normalized spacial score (nSPS) is 44.1. The largest absolute Gasteiger partial charge is 0.375 e. The van der Waals surface area contributed by atoms with Crippen LogP contribution in [-0.2, 0) is 9.47 Å². The van der Waals surface area contributed by atoms with Crippen molar-refractivity contribution < 1.29 is 27.0 Å². The minimum absolute atomic E-state index is 0.233. The number of allylic oxidation sites excluding steroid dienone is 1. The van der Waals surface area contributed by atoms with Crippen molar-refractivity contribution in [3.8, 4) is 0 Å². The topological polar surface area (TPSA) is 18.5 Å². The predicted octanol–water partition coefficient (Wildman–Crippen LogP) is 4.53. The molecule has 0 aromatic heterocycles. The van der Waals surface area contributed by atoms with E-state index in [1.165, 1.54) is 0 Å². The molecule has 2 nitrogen and oxygen atoms in total. The van der Waals surface area contributed by atoms with E-state index in [1.54, 1.807) is 19.1 Å². The van der Waals surface area contributed by atoms with Gasteiger partial charge in [-0.2, -0.15) is 0 Å². The molecule has 0 aliphatic heterocycles. The standard InChI is InChI=1S/C18H28F4O2/c1-3-5-10-24-14-9-7-12(16(20)18(14)22)11-6-8-13(23-4-2)17(21)15(11)19/h3,5,11-18H,4,6-10H2,1-2H3. The summed E-state index contributed by atoms with van der Waals surface area (Å²) in [6.45, 7) is 4.09. The highest BCUT2D eigenvalue weighted by molar-refractivity contribution is 4.99. The first-order valence-electron chi connectivity index (χ1n) is 8.91. The van der Waals surface area contributed by atoms with Crippen molar-refractivity contribution in [1.82, 2.24) is 0 Å². The Morgan fingerprint density at radius 1 is 0.792 bits per heavy atom. The zero-order valence-corrected chi connectivity index (χ0v) is 14.3. The fourth-order valence-corrected chi connectivity index (χ4v) is 3.97. The molecule has 0 aromatic carbocycles. The van der Waals surface area contributed by atoms with Crippen LogP contribution in [0.3, 0.4) is 0 Å². The average Bonchev–Trinajstić information content (AvgIpc) is 2.57. The number of rotatable bonds is 6. The first-order valence-corrected chi connectivity index (χ1v) is 8.91. The quantitative estimate of drug-likeness (QED) is 0.517. The van der Waals surface area contributed by atoms with Crippen LogP contribution in [0.4, 0.5) is 17.6 Å². The molecule has 8 atom stereocenters. The molecule has 24 heavy (non-hydrogen) atoms. The van der Waals surface area contributed by atoms with Gasteiger partial charge < -0.3 is 9.47 Å². The van der Waals surface area contributed by atoms with Crippen LogP contribution in [0.15, 0.2) is 12.2 Å². The minimum Gasteiger partial charge on any atom is -0.375 e. The second-order valence-electron chi connectivity index (χ2n) is 6.69. The lowest BCUT2D eigenvalue weighted by molar-refractivity contribution is -0.118. The zero-order chi connectivity index (χ0) is 17.7. The van der Waals surface area contributed by atoms with Gasteiger partial charge in [-0.15, -0.1) is 0 Å². The summed E-state index contributed by atoms with van der Waals surface area (Å²) in [4.78, 5) is 0. The Labute approximate surface area is 141 Å². The van der Waals surface area contributed by atoms with Crippen LogP contribution in [0.1, 0.15) is 39.5 Å². The minimum atomic E-state index is -1.81. The van der Waals surface area contributed by atoms with E-state index >= 15 is 0 Å². The summed E-state index contributed by atoms with van der Waals surface area (Å²) in [5, 5.41) is 0. The van der Waals surface area contributed by atoms with Crippen LogP contribution >= 0.6 is 0 Å². The van der Waals surface area contributed by atoms with Crippen molar-refractivity contribution in [1.29, 1.82) is 0 Å². The summed E-state index contributed by atoms with van der Waals surface area (Å²) in [5.74, 6) is -1.58. The second-order valence-corrected chi connectivity index (χ2v) is 6.69. The van der Waals surface area contributed by atoms with E-state index in [4.69, 9.17) is 9.47 Å². The summed E-state index contributed by atoms with van der Waals surface area (Å²) >= 11 is 0. The third-order valence-electron chi connectivity index (χ3n) is 5.28. The highest BCUT2D eigenvalue weighted by Crippen LogP contribution is 2.44. The van der Waals surface area contributed by atoms with Gasteiger partial charge in [-0.25, -0.2) is 17.6 Å². The summed E-state index contributed by atoms with van der Waals surface area (Å²) in [6, 6.07) is 0. The van der Waals surface area contributed by atoms with Crippen LogP contribution in [0.2, 0.25) is 0 Å². The third kappa shape index (κ3) is 4.31. The summed E-state index contributed by atoms with van der Waals surface area (Å²) in [6.07, 6.45) is -3.92. The van der Waals surface area contributed by atoms with Crippen molar-refractivity contribution in [3.05, 3.63) is 12.2 Å². The molecule has 6 heteroatoms. The summed E-state index contributed by atoms with van der Waals surface area (Å²) in [5.41, 5.74) is 0. The van der Waals surface area contributed by atoms with Gasteiger partial charge in [-0.05, 0) is 51.4 Å². The van der Waals surface area contributed by atoms with Gasteiger partial charge in [-0.1, -0.05) is 12.2 Å². The molecule has 2 aliphatic rings. The summed E-state index contributed by atoms with van der Waals surface area (Å²) in [7, 11) is 0. The van der Waals surface area contributed by atoms with Crippen molar-refractivity contribution >= 4 is 0 Å². The Kier molecular flexibility index (Phi) is 7.54. The molecule has 2 aliphatic carbocycles. The SMILES string of the molecule is CC=CCOC1CCC(C2CCC(OCC)C(F)C2F)C(F)C1F. The fourth-order valence-electron chi connectivity index (χ4n) is 3.97.